The molecule has 18 heavy (non-hydrogen) atoms. The van der Waals surface area contributed by atoms with Gasteiger partial charge in [0, 0.05) is 16.2 Å². The van der Waals surface area contributed by atoms with Crippen LogP contribution in [0.15, 0.2) is 27.6 Å². The van der Waals surface area contributed by atoms with Crippen LogP contribution < -0.4 is 10.5 Å². The van der Waals surface area contributed by atoms with Crippen LogP contribution in [-0.4, -0.2) is 14.5 Å². The maximum Gasteiger partial charge on any atom is 0.240 e. The van der Waals surface area contributed by atoms with Gasteiger partial charge in [-0.1, -0.05) is 19.8 Å². The summed E-state index contributed by atoms with van der Waals surface area (Å²) in [5.74, 6) is 0. The predicted molar refractivity (Wildman–Crippen MR) is 77.9 cm³/mol. The van der Waals surface area contributed by atoms with Crippen molar-refractivity contribution in [2.24, 2.45) is 0 Å². The zero-order valence-corrected chi connectivity index (χ0v) is 13.0. The van der Waals surface area contributed by atoms with Gasteiger partial charge < -0.3 is 5.73 Å². The molecule has 0 aliphatic heterocycles. The highest BCUT2D eigenvalue weighted by atomic mass is 79.9. The molecule has 0 saturated heterocycles. The number of unbranched alkanes of at least 4 members (excludes halogenated alkanes) is 1. The standard InChI is InChI=1S/C12H19BrN2O2S/c1-3-4-5-9(2)15-18(16,17)10-6-7-12(14)11(13)8-10/h6-9,15H,3-5,14H2,1-2H3. The zero-order chi connectivity index (χ0) is 13.8. The Morgan fingerprint density at radius 3 is 2.67 bits per heavy atom. The maximum absolute atomic E-state index is 12.1. The van der Waals surface area contributed by atoms with E-state index >= 15 is 0 Å². The first-order valence-electron chi connectivity index (χ1n) is 5.94. The molecule has 0 spiro atoms. The molecule has 0 radical (unpaired) electrons. The van der Waals surface area contributed by atoms with E-state index in [9.17, 15) is 8.42 Å². The van der Waals surface area contributed by atoms with Crippen LogP contribution >= 0.6 is 15.9 Å². The maximum atomic E-state index is 12.1. The molecule has 0 fully saturated rings. The van der Waals surface area contributed by atoms with Crippen molar-refractivity contribution in [3.8, 4) is 0 Å². The smallest absolute Gasteiger partial charge is 0.240 e. The average molecular weight is 335 g/mol. The molecular formula is C12H19BrN2O2S. The molecule has 4 nitrogen and oxygen atoms in total. The normalized spacial score (nSPS) is 13.5. The molecule has 0 saturated carbocycles. The van der Waals surface area contributed by atoms with Gasteiger partial charge in [-0.2, -0.15) is 0 Å². The summed E-state index contributed by atoms with van der Waals surface area (Å²) in [6.07, 6.45) is 2.90. The molecule has 0 aliphatic carbocycles. The first-order chi connectivity index (χ1) is 8.36. The van der Waals surface area contributed by atoms with Crippen LogP contribution in [0.25, 0.3) is 0 Å². The Kier molecular flexibility index (Phi) is 5.62. The van der Waals surface area contributed by atoms with Crippen molar-refractivity contribution < 1.29 is 8.42 Å². The fraction of sp³-hybridized carbons (Fsp3) is 0.500. The number of benzene rings is 1. The van der Waals surface area contributed by atoms with Gasteiger partial charge in [0.25, 0.3) is 0 Å². The van der Waals surface area contributed by atoms with Crippen LogP contribution in [0.4, 0.5) is 5.69 Å². The lowest BCUT2D eigenvalue weighted by molar-refractivity contribution is 0.534. The molecule has 102 valence electrons. The Bertz CT molecular complexity index is 503. The van der Waals surface area contributed by atoms with E-state index in [-0.39, 0.29) is 10.9 Å². The Balaban J connectivity index is 2.83. The molecule has 0 heterocycles. The molecular weight excluding hydrogens is 316 g/mol. The Hall–Kier alpha value is -0.590. The number of hydrogen-bond donors (Lipinski definition) is 2. The third-order valence-electron chi connectivity index (χ3n) is 2.63. The summed E-state index contributed by atoms with van der Waals surface area (Å²) in [5, 5.41) is 0. The Morgan fingerprint density at radius 1 is 1.44 bits per heavy atom. The van der Waals surface area contributed by atoms with Gasteiger partial charge in [0.1, 0.15) is 0 Å². The van der Waals surface area contributed by atoms with Crippen molar-refractivity contribution in [3.05, 3.63) is 22.7 Å². The van der Waals surface area contributed by atoms with Crippen LogP contribution in [0, 0.1) is 0 Å². The first-order valence-corrected chi connectivity index (χ1v) is 8.21. The number of sulfonamides is 1. The molecule has 0 aromatic heterocycles. The largest absolute Gasteiger partial charge is 0.398 e. The fourth-order valence-electron chi connectivity index (χ4n) is 1.58. The van der Waals surface area contributed by atoms with E-state index in [0.717, 1.165) is 19.3 Å². The average Bonchev–Trinajstić information content (AvgIpc) is 2.29. The third kappa shape index (κ3) is 4.26. The highest BCUT2D eigenvalue weighted by Crippen LogP contribution is 2.23. The summed E-state index contributed by atoms with van der Waals surface area (Å²) in [6.45, 7) is 3.96. The number of hydrogen-bond acceptors (Lipinski definition) is 3. The summed E-state index contributed by atoms with van der Waals surface area (Å²) in [5.41, 5.74) is 6.16. The van der Waals surface area contributed by atoms with E-state index < -0.39 is 10.0 Å². The number of rotatable bonds is 6. The van der Waals surface area contributed by atoms with Crippen molar-refractivity contribution in [1.29, 1.82) is 0 Å². The summed E-state index contributed by atoms with van der Waals surface area (Å²) in [6, 6.07) is 4.54. The summed E-state index contributed by atoms with van der Waals surface area (Å²) in [4.78, 5) is 0.229. The molecule has 1 aromatic rings. The van der Waals surface area contributed by atoms with Crippen LogP contribution in [0.3, 0.4) is 0 Å². The topological polar surface area (TPSA) is 72.2 Å². The first kappa shape index (κ1) is 15.5. The van der Waals surface area contributed by atoms with Crippen LogP contribution in [0.1, 0.15) is 33.1 Å². The van der Waals surface area contributed by atoms with Gasteiger partial charge in [0.15, 0.2) is 0 Å². The summed E-state index contributed by atoms with van der Waals surface area (Å²) in [7, 11) is -3.46. The summed E-state index contributed by atoms with van der Waals surface area (Å²) >= 11 is 3.23. The highest BCUT2D eigenvalue weighted by Gasteiger charge is 2.17. The van der Waals surface area contributed by atoms with E-state index in [4.69, 9.17) is 5.73 Å². The van der Waals surface area contributed by atoms with Crippen molar-refractivity contribution in [3.63, 3.8) is 0 Å². The number of nitrogen functional groups attached to an aromatic ring is 1. The zero-order valence-electron chi connectivity index (χ0n) is 10.6. The predicted octanol–water partition coefficient (Wildman–Crippen LogP) is 2.89. The minimum Gasteiger partial charge on any atom is -0.398 e. The number of halogens is 1. The molecule has 1 rings (SSSR count). The van der Waals surface area contributed by atoms with Gasteiger partial charge in [-0.3, -0.25) is 0 Å². The fourth-order valence-corrected chi connectivity index (χ4v) is 3.41. The van der Waals surface area contributed by atoms with Gasteiger partial charge in [0.05, 0.1) is 4.90 Å². The van der Waals surface area contributed by atoms with Crippen LogP contribution in [-0.2, 0) is 10.0 Å². The van der Waals surface area contributed by atoms with Crippen LogP contribution in [0.2, 0.25) is 0 Å². The van der Waals surface area contributed by atoms with Gasteiger partial charge in [-0.05, 0) is 47.5 Å². The number of nitrogens with two attached hydrogens (primary N) is 1. The monoisotopic (exact) mass is 334 g/mol. The van der Waals surface area contributed by atoms with Crippen molar-refractivity contribution >= 4 is 31.6 Å². The molecule has 1 aromatic carbocycles. The minimum atomic E-state index is -3.46. The van der Waals surface area contributed by atoms with Gasteiger partial charge in [-0.15, -0.1) is 0 Å². The molecule has 1 unspecified atom stereocenters. The number of anilines is 1. The molecule has 0 bridgehead atoms. The highest BCUT2D eigenvalue weighted by molar-refractivity contribution is 9.10. The minimum absolute atomic E-state index is 0.0636. The van der Waals surface area contributed by atoms with E-state index in [1.165, 1.54) is 12.1 Å². The van der Waals surface area contributed by atoms with Crippen molar-refractivity contribution in [2.45, 2.75) is 44.0 Å². The molecule has 0 amide bonds. The molecule has 6 heteroatoms. The van der Waals surface area contributed by atoms with E-state index in [1.54, 1.807) is 6.07 Å². The molecule has 3 N–H and O–H groups in total. The van der Waals surface area contributed by atoms with E-state index in [2.05, 4.69) is 27.6 Å². The van der Waals surface area contributed by atoms with E-state index in [1.807, 2.05) is 6.92 Å². The second-order valence-electron chi connectivity index (χ2n) is 4.35. The van der Waals surface area contributed by atoms with Crippen LogP contribution in [0.5, 0.6) is 0 Å². The third-order valence-corrected chi connectivity index (χ3v) is 4.90. The quantitative estimate of drug-likeness (QED) is 0.785. The SMILES string of the molecule is CCCCC(C)NS(=O)(=O)c1ccc(N)c(Br)c1. The lowest BCUT2D eigenvalue weighted by Crippen LogP contribution is -2.32. The van der Waals surface area contributed by atoms with Gasteiger partial charge in [-0.25, -0.2) is 13.1 Å². The summed E-state index contributed by atoms with van der Waals surface area (Å²) < 4.78 is 27.4. The second kappa shape index (κ2) is 6.54. The Morgan fingerprint density at radius 2 is 2.11 bits per heavy atom. The van der Waals surface area contributed by atoms with Gasteiger partial charge >= 0.3 is 0 Å². The Labute approximate surface area is 117 Å². The lowest BCUT2D eigenvalue weighted by atomic mass is 10.2. The lowest BCUT2D eigenvalue weighted by Gasteiger charge is -2.14. The van der Waals surface area contributed by atoms with Gasteiger partial charge in [0.2, 0.25) is 10.0 Å². The number of nitrogens with one attached hydrogen (secondary N) is 1. The van der Waals surface area contributed by atoms with Crippen molar-refractivity contribution in [1.82, 2.24) is 4.72 Å². The molecule has 1 atom stereocenters. The van der Waals surface area contributed by atoms with Crippen molar-refractivity contribution in [2.75, 3.05) is 5.73 Å². The van der Waals surface area contributed by atoms with E-state index in [0.29, 0.717) is 10.2 Å². The molecule has 0 aliphatic rings. The second-order valence-corrected chi connectivity index (χ2v) is 6.92.